The van der Waals surface area contributed by atoms with Crippen molar-refractivity contribution in [3.63, 3.8) is 0 Å². The number of benzene rings is 1. The minimum absolute atomic E-state index is 0.103. The SMILES string of the molecule is C#CCCCCC(=O)N1Cc2ccccc2C[C@H]1C(=O)O. The molecule has 110 valence electrons. The van der Waals surface area contributed by atoms with Crippen LogP contribution in [-0.2, 0) is 22.6 Å². The predicted molar refractivity (Wildman–Crippen MR) is 79.4 cm³/mol. The third-order valence-corrected chi connectivity index (χ3v) is 3.82. The van der Waals surface area contributed by atoms with Crippen LogP contribution in [0.1, 0.15) is 36.8 Å². The maximum Gasteiger partial charge on any atom is 0.326 e. The summed E-state index contributed by atoms with van der Waals surface area (Å²) in [6.45, 7) is 0.376. The quantitative estimate of drug-likeness (QED) is 0.666. The Labute approximate surface area is 124 Å². The number of carbonyl (C=O) groups is 2. The van der Waals surface area contributed by atoms with Gasteiger partial charge in [0, 0.05) is 25.8 Å². The van der Waals surface area contributed by atoms with Crippen molar-refractivity contribution in [2.45, 2.75) is 44.7 Å². The molecule has 0 bridgehead atoms. The molecule has 4 heteroatoms. The maximum atomic E-state index is 12.3. The van der Waals surface area contributed by atoms with E-state index in [1.54, 1.807) is 0 Å². The van der Waals surface area contributed by atoms with Gasteiger partial charge in [0.2, 0.25) is 5.91 Å². The second-order valence-electron chi connectivity index (χ2n) is 5.26. The van der Waals surface area contributed by atoms with Crippen molar-refractivity contribution >= 4 is 11.9 Å². The van der Waals surface area contributed by atoms with Gasteiger partial charge in [-0.25, -0.2) is 4.79 Å². The fourth-order valence-electron chi connectivity index (χ4n) is 2.65. The summed E-state index contributed by atoms with van der Waals surface area (Å²) in [7, 11) is 0. The molecule has 1 atom stereocenters. The van der Waals surface area contributed by atoms with E-state index >= 15 is 0 Å². The molecular formula is C17H19NO3. The number of nitrogens with zero attached hydrogens (tertiary/aromatic N) is 1. The van der Waals surface area contributed by atoms with Gasteiger partial charge in [-0.05, 0) is 24.0 Å². The normalized spacial score (nSPS) is 16.9. The summed E-state index contributed by atoms with van der Waals surface area (Å²) in [4.78, 5) is 25.2. The van der Waals surface area contributed by atoms with Gasteiger partial charge in [0.25, 0.3) is 0 Å². The summed E-state index contributed by atoms with van der Waals surface area (Å²) < 4.78 is 0. The van der Waals surface area contributed by atoms with E-state index in [4.69, 9.17) is 6.42 Å². The molecule has 0 saturated heterocycles. The first-order valence-corrected chi connectivity index (χ1v) is 7.16. The number of fused-ring (bicyclic) bond motifs is 1. The molecule has 0 saturated carbocycles. The van der Waals surface area contributed by atoms with E-state index < -0.39 is 12.0 Å². The van der Waals surface area contributed by atoms with Gasteiger partial charge < -0.3 is 10.0 Å². The highest BCUT2D eigenvalue weighted by Gasteiger charge is 2.33. The fourth-order valence-corrected chi connectivity index (χ4v) is 2.65. The van der Waals surface area contributed by atoms with E-state index in [0.717, 1.165) is 17.5 Å². The van der Waals surface area contributed by atoms with E-state index in [1.165, 1.54) is 4.90 Å². The molecule has 0 aromatic heterocycles. The van der Waals surface area contributed by atoms with E-state index in [-0.39, 0.29) is 5.91 Å². The van der Waals surface area contributed by atoms with Gasteiger partial charge in [-0.1, -0.05) is 24.3 Å². The molecule has 0 radical (unpaired) electrons. The lowest BCUT2D eigenvalue weighted by atomic mass is 9.93. The van der Waals surface area contributed by atoms with Crippen molar-refractivity contribution in [1.82, 2.24) is 4.90 Å². The van der Waals surface area contributed by atoms with E-state index in [2.05, 4.69) is 5.92 Å². The van der Waals surface area contributed by atoms with Crippen molar-refractivity contribution in [3.8, 4) is 12.3 Å². The minimum atomic E-state index is -0.943. The van der Waals surface area contributed by atoms with Crippen LogP contribution in [0.25, 0.3) is 0 Å². The molecule has 0 spiro atoms. The summed E-state index contributed by atoms with van der Waals surface area (Å²) in [6.07, 6.45) is 8.06. The summed E-state index contributed by atoms with van der Waals surface area (Å²) in [5.74, 6) is 1.50. The van der Waals surface area contributed by atoms with Gasteiger partial charge >= 0.3 is 5.97 Å². The third-order valence-electron chi connectivity index (χ3n) is 3.82. The van der Waals surface area contributed by atoms with Crippen LogP contribution >= 0.6 is 0 Å². The molecule has 0 unspecified atom stereocenters. The van der Waals surface area contributed by atoms with E-state index in [1.807, 2.05) is 24.3 Å². The Kier molecular flexibility index (Phi) is 4.99. The minimum Gasteiger partial charge on any atom is -0.480 e. The number of carboxylic acids is 1. The first kappa shape index (κ1) is 15.1. The lowest BCUT2D eigenvalue weighted by Gasteiger charge is -2.34. The Balaban J connectivity index is 2.08. The van der Waals surface area contributed by atoms with Crippen LogP contribution in [-0.4, -0.2) is 27.9 Å². The van der Waals surface area contributed by atoms with Crippen LogP contribution < -0.4 is 0 Å². The van der Waals surface area contributed by atoms with Crippen molar-refractivity contribution in [3.05, 3.63) is 35.4 Å². The number of hydrogen-bond acceptors (Lipinski definition) is 2. The summed E-state index contributed by atoms with van der Waals surface area (Å²) in [6, 6.07) is 6.93. The molecule has 1 amide bonds. The van der Waals surface area contributed by atoms with Gasteiger partial charge in [0.05, 0.1) is 0 Å². The second kappa shape index (κ2) is 6.94. The van der Waals surface area contributed by atoms with Crippen molar-refractivity contribution in [2.24, 2.45) is 0 Å². The molecular weight excluding hydrogens is 266 g/mol. The molecule has 1 aromatic carbocycles. The molecule has 21 heavy (non-hydrogen) atoms. The molecule has 2 rings (SSSR count). The number of carbonyl (C=O) groups excluding carboxylic acids is 1. The Morgan fingerprint density at radius 1 is 1.29 bits per heavy atom. The predicted octanol–water partition coefficient (Wildman–Crippen LogP) is 2.22. The van der Waals surface area contributed by atoms with E-state index in [0.29, 0.717) is 32.2 Å². The first-order valence-electron chi connectivity index (χ1n) is 7.16. The largest absolute Gasteiger partial charge is 0.480 e. The van der Waals surface area contributed by atoms with Crippen LogP contribution in [0.4, 0.5) is 0 Å². The zero-order chi connectivity index (χ0) is 15.2. The standard InChI is InChI=1S/C17H19NO3/c1-2-3-4-5-10-16(19)18-12-14-9-7-6-8-13(14)11-15(18)17(20)21/h1,6-9,15H,3-5,10-12H2,(H,20,21)/t15-/m0/s1. The number of hydrogen-bond donors (Lipinski definition) is 1. The molecule has 0 aliphatic carbocycles. The summed E-state index contributed by atoms with van der Waals surface area (Å²) in [5, 5.41) is 9.37. The smallest absolute Gasteiger partial charge is 0.326 e. The fraction of sp³-hybridized carbons (Fsp3) is 0.412. The zero-order valence-corrected chi connectivity index (χ0v) is 11.9. The van der Waals surface area contributed by atoms with Gasteiger partial charge in [0.15, 0.2) is 0 Å². The number of amides is 1. The highest BCUT2D eigenvalue weighted by molar-refractivity contribution is 5.84. The van der Waals surface area contributed by atoms with Gasteiger partial charge in [0.1, 0.15) is 6.04 Å². The van der Waals surface area contributed by atoms with Crippen LogP contribution in [0.15, 0.2) is 24.3 Å². The Hall–Kier alpha value is -2.28. The number of aliphatic carboxylic acids is 1. The van der Waals surface area contributed by atoms with E-state index in [9.17, 15) is 14.7 Å². The van der Waals surface area contributed by atoms with Crippen LogP contribution in [0, 0.1) is 12.3 Å². The molecule has 1 aliphatic rings. The Bertz CT molecular complexity index is 574. The van der Waals surface area contributed by atoms with Crippen LogP contribution in [0.5, 0.6) is 0 Å². The number of rotatable bonds is 5. The van der Waals surface area contributed by atoms with Gasteiger partial charge in [-0.15, -0.1) is 12.3 Å². The summed E-state index contributed by atoms with van der Waals surface area (Å²) >= 11 is 0. The second-order valence-corrected chi connectivity index (χ2v) is 5.26. The van der Waals surface area contributed by atoms with Crippen molar-refractivity contribution in [1.29, 1.82) is 0 Å². The number of unbranched alkanes of at least 4 members (excludes halogenated alkanes) is 2. The Morgan fingerprint density at radius 2 is 2.00 bits per heavy atom. The number of terminal acetylenes is 1. The van der Waals surface area contributed by atoms with Gasteiger partial charge in [-0.2, -0.15) is 0 Å². The highest BCUT2D eigenvalue weighted by Crippen LogP contribution is 2.24. The summed E-state index contributed by atoms with van der Waals surface area (Å²) in [5.41, 5.74) is 2.05. The first-order chi connectivity index (χ1) is 10.1. The molecule has 4 nitrogen and oxygen atoms in total. The van der Waals surface area contributed by atoms with Crippen LogP contribution in [0.3, 0.4) is 0 Å². The zero-order valence-electron chi connectivity index (χ0n) is 11.9. The van der Waals surface area contributed by atoms with Crippen molar-refractivity contribution < 1.29 is 14.7 Å². The molecule has 0 fully saturated rings. The molecule has 1 heterocycles. The number of carboxylic acid groups (broad SMARTS) is 1. The van der Waals surface area contributed by atoms with Crippen molar-refractivity contribution in [2.75, 3.05) is 0 Å². The topological polar surface area (TPSA) is 57.6 Å². The van der Waals surface area contributed by atoms with Crippen LogP contribution in [0.2, 0.25) is 0 Å². The highest BCUT2D eigenvalue weighted by atomic mass is 16.4. The average Bonchev–Trinajstić information content (AvgIpc) is 2.50. The Morgan fingerprint density at radius 3 is 2.67 bits per heavy atom. The lowest BCUT2D eigenvalue weighted by molar-refractivity contribution is -0.151. The average molecular weight is 285 g/mol. The maximum absolute atomic E-state index is 12.3. The molecule has 1 N–H and O–H groups in total. The van der Waals surface area contributed by atoms with Gasteiger partial charge in [-0.3, -0.25) is 4.79 Å². The lowest BCUT2D eigenvalue weighted by Crippen LogP contribution is -2.48. The third kappa shape index (κ3) is 3.63. The molecule has 1 aliphatic heterocycles. The molecule has 1 aromatic rings. The monoisotopic (exact) mass is 285 g/mol.